The van der Waals surface area contributed by atoms with E-state index in [9.17, 15) is 18.7 Å². The molecule has 1 aliphatic heterocycles. The fraction of sp³-hybridized carbons (Fsp3) is 0.391. The first kappa shape index (κ1) is 24.0. The van der Waals surface area contributed by atoms with Crippen LogP contribution >= 0.6 is 11.6 Å². The summed E-state index contributed by atoms with van der Waals surface area (Å²) in [5.74, 6) is -1.53. The summed E-state index contributed by atoms with van der Waals surface area (Å²) in [5.41, 5.74) is 0.0357. The van der Waals surface area contributed by atoms with Crippen LogP contribution in [0.5, 0.6) is 0 Å². The summed E-state index contributed by atoms with van der Waals surface area (Å²) >= 11 is 5.89. The summed E-state index contributed by atoms with van der Waals surface area (Å²) in [6.45, 7) is 4.43. The highest BCUT2D eigenvalue weighted by Gasteiger charge is 2.45. The van der Waals surface area contributed by atoms with Gasteiger partial charge in [0.05, 0.1) is 22.3 Å². The molecule has 0 amide bonds. The molecule has 3 N–H and O–H groups in total. The fourth-order valence-electron chi connectivity index (χ4n) is 4.45. The van der Waals surface area contributed by atoms with Gasteiger partial charge in [0.2, 0.25) is 5.95 Å². The van der Waals surface area contributed by atoms with Crippen LogP contribution in [-0.2, 0) is 17.8 Å². The van der Waals surface area contributed by atoms with Gasteiger partial charge in [-0.15, -0.1) is 0 Å². The van der Waals surface area contributed by atoms with Crippen molar-refractivity contribution in [3.05, 3.63) is 64.2 Å². The zero-order chi connectivity index (χ0) is 24.5. The first-order valence-electron chi connectivity index (χ1n) is 10.9. The normalized spacial score (nSPS) is 20.9. The molecule has 0 radical (unpaired) electrons. The second-order valence-corrected chi connectivity index (χ2v) is 9.21. The third-order valence-electron chi connectivity index (χ3n) is 6.31. The predicted octanol–water partition coefficient (Wildman–Crippen LogP) is 4.48. The van der Waals surface area contributed by atoms with Gasteiger partial charge in [-0.25, -0.2) is 14.4 Å². The maximum Gasteiger partial charge on any atom is 0.310 e. The number of halogens is 3. The quantitative estimate of drug-likeness (QED) is 0.448. The van der Waals surface area contributed by atoms with E-state index in [4.69, 9.17) is 11.6 Å². The number of hydrogen-bond acceptors (Lipinski definition) is 6. The Labute approximate surface area is 200 Å². The van der Waals surface area contributed by atoms with Crippen LogP contribution in [0.2, 0.25) is 5.02 Å². The van der Waals surface area contributed by atoms with E-state index in [1.165, 1.54) is 12.3 Å². The van der Waals surface area contributed by atoms with E-state index in [1.54, 1.807) is 18.2 Å². The first-order chi connectivity index (χ1) is 16.2. The number of anilines is 2. The van der Waals surface area contributed by atoms with E-state index in [0.29, 0.717) is 24.5 Å². The highest BCUT2D eigenvalue weighted by Crippen LogP contribution is 2.39. The largest absolute Gasteiger partial charge is 0.481 e. The van der Waals surface area contributed by atoms with E-state index < -0.39 is 23.1 Å². The monoisotopic (exact) mass is 490 g/mol. The molecule has 0 spiro atoms. The Morgan fingerprint density at radius 3 is 2.85 bits per heavy atom. The second-order valence-electron chi connectivity index (χ2n) is 8.80. The van der Waals surface area contributed by atoms with E-state index in [-0.39, 0.29) is 41.8 Å². The molecular formula is C23H25ClF2N6O2. The van der Waals surface area contributed by atoms with Crippen molar-refractivity contribution >= 4 is 29.2 Å². The molecule has 180 valence electrons. The highest BCUT2D eigenvalue weighted by atomic mass is 35.5. The third-order valence-corrected chi connectivity index (χ3v) is 6.60. The summed E-state index contributed by atoms with van der Waals surface area (Å²) in [6, 6.07) is 6.40. The number of benzene rings is 1. The van der Waals surface area contributed by atoms with E-state index >= 15 is 0 Å². The lowest BCUT2D eigenvalue weighted by molar-refractivity contribution is -0.153. The van der Waals surface area contributed by atoms with Crippen molar-refractivity contribution in [3.63, 3.8) is 0 Å². The average molecular weight is 491 g/mol. The van der Waals surface area contributed by atoms with Crippen molar-refractivity contribution in [2.75, 3.05) is 11.9 Å². The third kappa shape index (κ3) is 5.02. The average Bonchev–Trinajstić information content (AvgIpc) is 3.20. The topological polar surface area (TPSA) is 107 Å². The minimum absolute atomic E-state index is 0.0267. The molecule has 0 unspecified atom stereocenters. The lowest BCUT2D eigenvalue weighted by Crippen LogP contribution is -2.50. The second kappa shape index (κ2) is 9.63. The molecule has 1 saturated heterocycles. The number of aromatic amines is 1. The molecule has 1 aromatic carbocycles. The van der Waals surface area contributed by atoms with Crippen LogP contribution in [0, 0.1) is 24.1 Å². The number of piperidine rings is 1. The number of hydrogen-bond donors (Lipinski definition) is 3. The van der Waals surface area contributed by atoms with Gasteiger partial charge in [-0.2, -0.15) is 9.49 Å². The molecule has 1 aliphatic rings. The summed E-state index contributed by atoms with van der Waals surface area (Å²) in [6.07, 6.45) is 1.63. The number of aromatic nitrogens is 4. The Bertz CT molecular complexity index is 1210. The maximum absolute atomic E-state index is 14.6. The Hall–Kier alpha value is -3.11. The zero-order valence-electron chi connectivity index (χ0n) is 18.8. The lowest BCUT2D eigenvalue weighted by Gasteiger charge is -2.43. The first-order valence-corrected chi connectivity index (χ1v) is 11.3. The molecule has 11 heteroatoms. The molecule has 2 aromatic heterocycles. The van der Waals surface area contributed by atoms with Crippen LogP contribution in [0.15, 0.2) is 30.5 Å². The van der Waals surface area contributed by atoms with E-state index in [0.717, 1.165) is 5.69 Å². The lowest BCUT2D eigenvalue weighted by atomic mass is 9.72. The molecule has 0 saturated carbocycles. The number of carboxylic acids is 1. The van der Waals surface area contributed by atoms with E-state index in [2.05, 4.69) is 25.5 Å². The van der Waals surface area contributed by atoms with Crippen molar-refractivity contribution in [1.29, 1.82) is 0 Å². The molecule has 4 rings (SSSR count). The minimum atomic E-state index is -1.22. The maximum atomic E-state index is 14.6. The number of carboxylic acid groups (broad SMARTS) is 1. The van der Waals surface area contributed by atoms with Gasteiger partial charge in [-0.3, -0.25) is 14.8 Å². The number of H-pyrrole nitrogens is 1. The van der Waals surface area contributed by atoms with Crippen LogP contribution in [-0.4, -0.2) is 48.7 Å². The summed E-state index contributed by atoms with van der Waals surface area (Å²) in [4.78, 5) is 22.4. The van der Waals surface area contributed by atoms with Gasteiger partial charge in [-0.05, 0) is 39.3 Å². The summed E-state index contributed by atoms with van der Waals surface area (Å²) in [7, 11) is 0. The molecule has 0 bridgehead atoms. The summed E-state index contributed by atoms with van der Waals surface area (Å²) in [5, 5.41) is 20.0. The Balaban J connectivity index is 1.52. The van der Waals surface area contributed by atoms with Crippen LogP contribution in [0.4, 0.5) is 20.4 Å². The number of nitrogens with one attached hydrogen (secondary N) is 2. The smallest absolute Gasteiger partial charge is 0.310 e. The Morgan fingerprint density at radius 2 is 2.18 bits per heavy atom. The molecule has 3 heterocycles. The SMILES string of the molecule is Cc1cc(Nc2cnc(F)c(C[C@@]3(C(=O)O)CCN(Cc4cccc(Cl)c4F)[C@H](C)C3)n2)n[nH]1. The van der Waals surface area contributed by atoms with Gasteiger partial charge >= 0.3 is 5.97 Å². The van der Waals surface area contributed by atoms with Gasteiger partial charge < -0.3 is 10.4 Å². The van der Waals surface area contributed by atoms with Crippen molar-refractivity contribution in [3.8, 4) is 0 Å². The molecule has 8 nitrogen and oxygen atoms in total. The predicted molar refractivity (Wildman–Crippen MR) is 123 cm³/mol. The van der Waals surface area contributed by atoms with Crippen LogP contribution in [0.25, 0.3) is 0 Å². The Morgan fingerprint density at radius 1 is 1.38 bits per heavy atom. The number of aryl methyl sites for hydroxylation is 1. The number of nitrogens with zero attached hydrogens (tertiary/aromatic N) is 4. The molecule has 0 aliphatic carbocycles. The molecule has 2 atom stereocenters. The van der Waals surface area contributed by atoms with Gasteiger partial charge in [-0.1, -0.05) is 23.7 Å². The number of likely N-dealkylation sites (tertiary alicyclic amines) is 1. The van der Waals surface area contributed by atoms with Crippen molar-refractivity contribution in [2.24, 2.45) is 5.41 Å². The van der Waals surface area contributed by atoms with Crippen LogP contribution in [0.3, 0.4) is 0 Å². The Kier molecular flexibility index (Phi) is 6.81. The van der Waals surface area contributed by atoms with Crippen molar-refractivity contribution in [1.82, 2.24) is 25.1 Å². The number of rotatable bonds is 7. The fourth-order valence-corrected chi connectivity index (χ4v) is 4.64. The zero-order valence-corrected chi connectivity index (χ0v) is 19.5. The van der Waals surface area contributed by atoms with Crippen molar-refractivity contribution < 1.29 is 18.7 Å². The van der Waals surface area contributed by atoms with Crippen LogP contribution in [0.1, 0.15) is 36.7 Å². The molecule has 1 fully saturated rings. The van der Waals surface area contributed by atoms with Gasteiger partial charge in [0.25, 0.3) is 0 Å². The molecular weight excluding hydrogens is 466 g/mol. The summed E-state index contributed by atoms with van der Waals surface area (Å²) < 4.78 is 28.9. The number of aliphatic carboxylic acids is 1. The van der Waals surface area contributed by atoms with E-state index in [1.807, 2.05) is 18.7 Å². The minimum Gasteiger partial charge on any atom is -0.481 e. The molecule has 3 aromatic rings. The number of carbonyl (C=O) groups is 1. The highest BCUT2D eigenvalue weighted by molar-refractivity contribution is 6.30. The van der Waals surface area contributed by atoms with Gasteiger partial charge in [0.1, 0.15) is 5.82 Å². The van der Waals surface area contributed by atoms with Gasteiger partial charge in [0.15, 0.2) is 11.6 Å². The van der Waals surface area contributed by atoms with Crippen molar-refractivity contribution in [2.45, 2.75) is 45.7 Å². The van der Waals surface area contributed by atoms with Gasteiger partial charge in [0, 0.05) is 36.3 Å². The standard InChI is InChI=1S/C23H25ClF2N6O2/c1-13-8-18(31-30-13)29-19-11-27-21(26)17(28-19)10-23(22(33)34)6-7-32(14(2)9-23)12-15-4-3-5-16(24)20(15)25/h3-5,8,11,14H,6-7,9-10,12H2,1-2H3,(H,33,34)(H2,28,29,30,31)/t14-,23-/m1/s1. The van der Waals surface area contributed by atoms with Crippen LogP contribution < -0.4 is 5.32 Å². The molecule has 34 heavy (non-hydrogen) atoms.